The summed E-state index contributed by atoms with van der Waals surface area (Å²) in [4.78, 5) is 27.5. The quantitative estimate of drug-likeness (QED) is 0.556. The van der Waals surface area contributed by atoms with Gasteiger partial charge in [-0.15, -0.1) is 10.2 Å². The second kappa shape index (κ2) is 8.11. The number of nitrogens with one attached hydrogen (secondary N) is 2. The maximum absolute atomic E-state index is 13.4. The Hall–Kier alpha value is -2.85. The maximum Gasteiger partial charge on any atom is 0.250 e. The van der Waals surface area contributed by atoms with Gasteiger partial charge in [-0.05, 0) is 45.0 Å². The molecule has 0 bridgehead atoms. The Labute approximate surface area is 182 Å². The lowest BCUT2D eigenvalue weighted by molar-refractivity contribution is -0.126. The highest BCUT2D eigenvalue weighted by Gasteiger charge is 2.44. The second-order valence-corrected chi connectivity index (χ2v) is 9.84. The van der Waals surface area contributed by atoms with Crippen LogP contribution in [0, 0.1) is 0 Å². The van der Waals surface area contributed by atoms with Crippen LogP contribution in [0.5, 0.6) is 0 Å². The van der Waals surface area contributed by atoms with Crippen molar-refractivity contribution < 1.29 is 14.0 Å². The molecule has 8 nitrogen and oxygen atoms in total. The Kier molecular flexibility index (Phi) is 5.52. The Morgan fingerprint density at radius 3 is 2.87 bits per heavy atom. The van der Waals surface area contributed by atoms with E-state index < -0.39 is 10.8 Å². The third-order valence-corrected chi connectivity index (χ3v) is 6.81. The van der Waals surface area contributed by atoms with Crippen LogP contribution in [-0.4, -0.2) is 32.8 Å². The molecule has 1 aliphatic rings. The van der Waals surface area contributed by atoms with Crippen molar-refractivity contribution in [3.05, 3.63) is 48.4 Å². The topological polar surface area (TPSA) is 100 Å². The maximum atomic E-state index is 13.4. The molecule has 1 atom stereocenters. The van der Waals surface area contributed by atoms with Gasteiger partial charge in [-0.2, -0.15) is 0 Å². The predicted octanol–water partition coefficient (Wildman–Crippen LogP) is 3.99. The van der Waals surface area contributed by atoms with Crippen LogP contribution in [-0.2, 0) is 16.1 Å². The standard InChI is InChI=1S/C20H21N5O3S2/c1-12(29-19-24-23-18(30-19)21-11-13-7-6-10-28-13)16(26)25-15-9-5-4-8-14(15)22-17(27)20(25,2)3/h4-10,12H,11H2,1-3H3,(H,21,23)(H,22,27)/t12-/m0/s1. The van der Waals surface area contributed by atoms with E-state index in [1.807, 2.05) is 37.3 Å². The van der Waals surface area contributed by atoms with E-state index in [2.05, 4.69) is 20.8 Å². The molecule has 30 heavy (non-hydrogen) atoms. The van der Waals surface area contributed by atoms with Gasteiger partial charge in [0.15, 0.2) is 4.34 Å². The number of aromatic nitrogens is 2. The molecule has 0 unspecified atom stereocenters. The van der Waals surface area contributed by atoms with Crippen molar-refractivity contribution in [2.45, 2.75) is 42.4 Å². The number of carbonyl (C=O) groups is 2. The van der Waals surface area contributed by atoms with Gasteiger partial charge in [-0.1, -0.05) is 35.2 Å². The summed E-state index contributed by atoms with van der Waals surface area (Å²) in [5.41, 5.74) is 0.322. The molecule has 2 aromatic heterocycles. The number of benzene rings is 1. The number of carbonyl (C=O) groups excluding carboxylic acids is 2. The average molecular weight is 444 g/mol. The number of hydrogen-bond acceptors (Lipinski definition) is 8. The highest BCUT2D eigenvalue weighted by molar-refractivity contribution is 8.02. The van der Waals surface area contributed by atoms with Crippen LogP contribution in [0.3, 0.4) is 0 Å². The SMILES string of the molecule is C[C@H](Sc1nnc(NCc2ccco2)s1)C(=O)N1c2ccccc2NC(=O)C1(C)C. The summed E-state index contributed by atoms with van der Waals surface area (Å²) in [6.07, 6.45) is 1.62. The molecule has 0 fully saturated rings. The van der Waals surface area contributed by atoms with Gasteiger partial charge >= 0.3 is 0 Å². The normalized spacial score (nSPS) is 16.0. The first-order chi connectivity index (χ1) is 14.4. The van der Waals surface area contributed by atoms with Gasteiger partial charge in [0, 0.05) is 0 Å². The molecule has 1 aromatic carbocycles. The Morgan fingerprint density at radius 1 is 1.30 bits per heavy atom. The molecule has 0 saturated heterocycles. The van der Waals surface area contributed by atoms with E-state index in [0.717, 1.165) is 5.76 Å². The molecule has 4 rings (SSSR count). The number of hydrogen-bond donors (Lipinski definition) is 2. The van der Waals surface area contributed by atoms with Crippen molar-refractivity contribution in [3.63, 3.8) is 0 Å². The number of nitrogens with zero attached hydrogens (tertiary/aromatic N) is 3. The number of rotatable bonds is 6. The minimum absolute atomic E-state index is 0.160. The highest BCUT2D eigenvalue weighted by atomic mass is 32.2. The van der Waals surface area contributed by atoms with Crippen molar-refractivity contribution in [1.29, 1.82) is 0 Å². The van der Waals surface area contributed by atoms with E-state index in [9.17, 15) is 9.59 Å². The van der Waals surface area contributed by atoms with E-state index in [4.69, 9.17) is 4.42 Å². The van der Waals surface area contributed by atoms with Gasteiger partial charge < -0.3 is 15.1 Å². The molecule has 2 N–H and O–H groups in total. The zero-order valence-electron chi connectivity index (χ0n) is 16.7. The summed E-state index contributed by atoms with van der Waals surface area (Å²) in [5.74, 6) is 0.423. The fraction of sp³-hybridized carbons (Fsp3) is 0.300. The summed E-state index contributed by atoms with van der Waals surface area (Å²) >= 11 is 2.70. The first-order valence-corrected chi connectivity index (χ1v) is 11.1. The summed E-state index contributed by atoms with van der Waals surface area (Å²) in [7, 11) is 0. The predicted molar refractivity (Wildman–Crippen MR) is 118 cm³/mol. The average Bonchev–Trinajstić information content (AvgIpc) is 3.38. The summed E-state index contributed by atoms with van der Waals surface area (Å²) in [6, 6.07) is 11.0. The Bertz CT molecular complexity index is 1060. The van der Waals surface area contributed by atoms with Crippen molar-refractivity contribution in [3.8, 4) is 0 Å². The van der Waals surface area contributed by atoms with Crippen molar-refractivity contribution >= 4 is 51.4 Å². The summed E-state index contributed by atoms with van der Waals surface area (Å²) < 4.78 is 5.96. The van der Waals surface area contributed by atoms with Gasteiger partial charge in [0.05, 0.1) is 29.4 Å². The molecular weight excluding hydrogens is 422 g/mol. The van der Waals surface area contributed by atoms with Crippen LogP contribution in [0.2, 0.25) is 0 Å². The largest absolute Gasteiger partial charge is 0.467 e. The fourth-order valence-electron chi connectivity index (χ4n) is 3.13. The summed E-state index contributed by atoms with van der Waals surface area (Å²) in [5, 5.41) is 14.5. The van der Waals surface area contributed by atoms with Crippen LogP contribution in [0.4, 0.5) is 16.5 Å². The van der Waals surface area contributed by atoms with Crippen molar-refractivity contribution in [2.24, 2.45) is 0 Å². The Balaban J connectivity index is 1.48. The number of thioether (sulfide) groups is 1. The van der Waals surface area contributed by atoms with Crippen LogP contribution in [0.1, 0.15) is 26.5 Å². The van der Waals surface area contributed by atoms with Crippen LogP contribution in [0.25, 0.3) is 0 Å². The number of fused-ring (bicyclic) bond motifs is 1. The molecule has 0 saturated carbocycles. The van der Waals surface area contributed by atoms with E-state index in [1.165, 1.54) is 23.1 Å². The molecular formula is C20H21N5O3S2. The van der Waals surface area contributed by atoms with E-state index in [-0.39, 0.29) is 11.8 Å². The Morgan fingerprint density at radius 2 is 2.10 bits per heavy atom. The zero-order valence-corrected chi connectivity index (χ0v) is 18.3. The van der Waals surface area contributed by atoms with E-state index in [0.29, 0.717) is 27.4 Å². The number of anilines is 3. The monoisotopic (exact) mass is 443 g/mol. The lowest BCUT2D eigenvalue weighted by Crippen LogP contribution is -2.60. The van der Waals surface area contributed by atoms with E-state index in [1.54, 1.807) is 31.1 Å². The number of amides is 2. The fourth-order valence-corrected chi connectivity index (χ4v) is 5.07. The molecule has 3 heterocycles. The van der Waals surface area contributed by atoms with Crippen LogP contribution in [0.15, 0.2) is 51.4 Å². The van der Waals surface area contributed by atoms with Crippen molar-refractivity contribution in [1.82, 2.24) is 10.2 Å². The van der Waals surface area contributed by atoms with Crippen LogP contribution < -0.4 is 15.5 Å². The zero-order chi connectivity index (χ0) is 21.3. The van der Waals surface area contributed by atoms with Gasteiger partial charge in [-0.3, -0.25) is 14.5 Å². The van der Waals surface area contributed by atoms with Crippen molar-refractivity contribution in [2.75, 3.05) is 15.5 Å². The molecule has 0 aliphatic carbocycles. The summed E-state index contributed by atoms with van der Waals surface area (Å²) in [6.45, 7) is 5.81. The first kappa shape index (κ1) is 20.4. The van der Waals surface area contributed by atoms with Gasteiger partial charge in [0.25, 0.3) is 0 Å². The third kappa shape index (κ3) is 3.92. The molecule has 1 aliphatic heterocycles. The van der Waals surface area contributed by atoms with Gasteiger partial charge in [0.2, 0.25) is 16.9 Å². The highest BCUT2D eigenvalue weighted by Crippen LogP contribution is 2.39. The van der Waals surface area contributed by atoms with Gasteiger partial charge in [0.1, 0.15) is 11.3 Å². The second-order valence-electron chi connectivity index (χ2n) is 7.27. The molecule has 3 aromatic rings. The third-order valence-electron chi connectivity index (χ3n) is 4.75. The minimum Gasteiger partial charge on any atom is -0.467 e. The molecule has 0 radical (unpaired) electrons. The lowest BCUT2D eigenvalue weighted by atomic mass is 9.96. The van der Waals surface area contributed by atoms with E-state index >= 15 is 0 Å². The molecule has 156 valence electrons. The smallest absolute Gasteiger partial charge is 0.250 e. The minimum atomic E-state index is -1.00. The van der Waals surface area contributed by atoms with Gasteiger partial charge in [-0.25, -0.2) is 0 Å². The first-order valence-electron chi connectivity index (χ1n) is 9.37. The number of para-hydroxylation sites is 2. The molecule has 0 spiro atoms. The lowest BCUT2D eigenvalue weighted by Gasteiger charge is -2.42. The molecule has 2 amide bonds. The number of furan rings is 1. The van der Waals surface area contributed by atoms with Crippen LogP contribution >= 0.6 is 23.1 Å². The molecule has 10 heteroatoms.